The Bertz CT molecular complexity index is 705. The van der Waals surface area contributed by atoms with Crippen molar-refractivity contribution in [3.63, 3.8) is 0 Å². The minimum atomic E-state index is -3.66. The summed E-state index contributed by atoms with van der Waals surface area (Å²) in [5.41, 5.74) is 7.87. The van der Waals surface area contributed by atoms with E-state index in [4.69, 9.17) is 5.73 Å². The first kappa shape index (κ1) is 15.5. The maximum atomic E-state index is 12.3. The van der Waals surface area contributed by atoms with Gasteiger partial charge in [-0.1, -0.05) is 36.8 Å². The van der Waals surface area contributed by atoms with Crippen molar-refractivity contribution in [2.45, 2.75) is 38.3 Å². The van der Waals surface area contributed by atoms with Crippen molar-refractivity contribution in [2.75, 3.05) is 5.73 Å². The highest BCUT2D eigenvalue weighted by Crippen LogP contribution is 2.18. The summed E-state index contributed by atoms with van der Waals surface area (Å²) in [6.45, 7) is 4.78. The van der Waals surface area contributed by atoms with Gasteiger partial charge >= 0.3 is 0 Å². The Morgan fingerprint density at radius 1 is 1.29 bits per heavy atom. The van der Waals surface area contributed by atoms with Crippen molar-refractivity contribution >= 4 is 15.8 Å². The molecular weight excluding hydrogens is 288 g/mol. The molecule has 0 aliphatic heterocycles. The van der Waals surface area contributed by atoms with E-state index in [1.165, 1.54) is 10.9 Å². The molecule has 0 radical (unpaired) electrons. The van der Waals surface area contributed by atoms with E-state index in [1.807, 2.05) is 38.1 Å². The normalized spacial score (nSPS) is 11.7. The maximum Gasteiger partial charge on any atom is 0.246 e. The molecule has 21 heavy (non-hydrogen) atoms. The van der Waals surface area contributed by atoms with E-state index < -0.39 is 10.0 Å². The van der Waals surface area contributed by atoms with Crippen LogP contribution in [0.15, 0.2) is 35.4 Å². The van der Waals surface area contributed by atoms with E-state index in [1.54, 1.807) is 0 Å². The largest absolute Gasteiger partial charge is 0.383 e. The first-order valence-electron chi connectivity index (χ1n) is 6.80. The minimum absolute atomic E-state index is 0.0306. The minimum Gasteiger partial charge on any atom is -0.383 e. The third kappa shape index (κ3) is 3.62. The van der Waals surface area contributed by atoms with E-state index in [9.17, 15) is 8.42 Å². The Morgan fingerprint density at radius 3 is 2.57 bits per heavy atom. The van der Waals surface area contributed by atoms with Gasteiger partial charge in [0.1, 0.15) is 10.7 Å². The molecule has 1 aromatic carbocycles. The lowest BCUT2D eigenvalue weighted by Gasteiger charge is -2.07. The van der Waals surface area contributed by atoms with Crippen molar-refractivity contribution < 1.29 is 8.42 Å². The summed E-state index contributed by atoms with van der Waals surface area (Å²) in [5, 5.41) is 4.01. The number of nitrogens with zero attached hydrogens (tertiary/aromatic N) is 2. The van der Waals surface area contributed by atoms with Crippen molar-refractivity contribution in [1.82, 2.24) is 14.5 Å². The topological polar surface area (TPSA) is 90.0 Å². The van der Waals surface area contributed by atoms with Gasteiger partial charge in [0.2, 0.25) is 10.0 Å². The summed E-state index contributed by atoms with van der Waals surface area (Å²) in [7, 11) is -3.66. The lowest BCUT2D eigenvalue weighted by atomic mass is 10.2. The zero-order valence-corrected chi connectivity index (χ0v) is 13.0. The summed E-state index contributed by atoms with van der Waals surface area (Å²) in [5.74, 6) is 0.174. The third-order valence-electron chi connectivity index (χ3n) is 3.16. The number of anilines is 1. The summed E-state index contributed by atoms with van der Waals surface area (Å²) in [6.07, 6.45) is 2.13. The molecule has 0 aliphatic carbocycles. The molecular formula is C14H20N4O2S. The van der Waals surface area contributed by atoms with E-state index in [0.717, 1.165) is 17.5 Å². The molecule has 6 nitrogen and oxygen atoms in total. The first-order chi connectivity index (χ1) is 9.94. The molecule has 0 aliphatic rings. The van der Waals surface area contributed by atoms with Crippen molar-refractivity contribution in [3.05, 3.63) is 41.6 Å². The predicted octanol–water partition coefficient (Wildman–Crippen LogP) is 1.66. The van der Waals surface area contributed by atoms with Crippen LogP contribution in [0.3, 0.4) is 0 Å². The molecule has 2 rings (SSSR count). The van der Waals surface area contributed by atoms with Crippen LogP contribution in [-0.4, -0.2) is 18.2 Å². The number of aromatic nitrogens is 2. The molecule has 0 saturated carbocycles. The van der Waals surface area contributed by atoms with E-state index in [-0.39, 0.29) is 17.3 Å². The van der Waals surface area contributed by atoms with Crippen LogP contribution in [0.1, 0.15) is 24.5 Å². The highest BCUT2D eigenvalue weighted by atomic mass is 32.2. The zero-order chi connectivity index (χ0) is 15.5. The molecule has 0 unspecified atom stereocenters. The van der Waals surface area contributed by atoms with Gasteiger partial charge in [-0.3, -0.25) is 0 Å². The molecule has 2 aromatic rings. The number of hydrogen-bond donors (Lipinski definition) is 2. The molecule has 114 valence electrons. The van der Waals surface area contributed by atoms with Crippen LogP contribution in [0, 0.1) is 6.92 Å². The van der Waals surface area contributed by atoms with Gasteiger partial charge in [-0.15, -0.1) is 0 Å². The molecule has 0 saturated heterocycles. The van der Waals surface area contributed by atoms with Gasteiger partial charge in [-0.25, -0.2) is 17.8 Å². The molecule has 0 bridgehead atoms. The first-order valence-corrected chi connectivity index (χ1v) is 8.29. The summed E-state index contributed by atoms with van der Waals surface area (Å²) >= 11 is 0. The van der Waals surface area contributed by atoms with E-state index in [0.29, 0.717) is 6.54 Å². The van der Waals surface area contributed by atoms with Crippen LogP contribution < -0.4 is 10.5 Å². The lowest BCUT2D eigenvalue weighted by molar-refractivity contribution is 0.581. The Morgan fingerprint density at radius 2 is 1.95 bits per heavy atom. The quantitative estimate of drug-likeness (QED) is 0.849. The second kappa shape index (κ2) is 6.28. The van der Waals surface area contributed by atoms with E-state index >= 15 is 0 Å². The standard InChI is InChI=1S/C14H20N4O2S/c1-3-8-18-14(15)13(10-16-18)21(19,20)17-9-12-6-4-11(2)5-7-12/h4-7,10,17H,3,8-9,15H2,1-2H3. The van der Waals surface area contributed by atoms with Gasteiger partial charge in [0.05, 0.1) is 6.20 Å². The lowest BCUT2D eigenvalue weighted by Crippen LogP contribution is -2.24. The van der Waals surface area contributed by atoms with Crippen LogP contribution in [0.4, 0.5) is 5.82 Å². The Hall–Kier alpha value is -1.86. The number of aryl methyl sites for hydroxylation is 2. The molecule has 1 heterocycles. The number of benzene rings is 1. The zero-order valence-electron chi connectivity index (χ0n) is 12.2. The molecule has 0 spiro atoms. The molecule has 0 amide bonds. The third-order valence-corrected chi connectivity index (χ3v) is 4.57. The average Bonchev–Trinajstić information content (AvgIpc) is 2.81. The van der Waals surface area contributed by atoms with Gasteiger partial charge in [0.15, 0.2) is 0 Å². The fourth-order valence-corrected chi connectivity index (χ4v) is 3.02. The number of nitrogen functional groups attached to an aromatic ring is 1. The summed E-state index contributed by atoms with van der Waals surface area (Å²) in [4.78, 5) is 0.0306. The number of hydrogen-bond acceptors (Lipinski definition) is 4. The van der Waals surface area contributed by atoms with Crippen LogP contribution in [-0.2, 0) is 23.1 Å². The Balaban J connectivity index is 2.13. The Labute approximate surface area is 125 Å². The highest BCUT2D eigenvalue weighted by molar-refractivity contribution is 7.89. The van der Waals surface area contributed by atoms with Crippen LogP contribution >= 0.6 is 0 Å². The molecule has 3 N–H and O–H groups in total. The van der Waals surface area contributed by atoms with Crippen molar-refractivity contribution in [3.8, 4) is 0 Å². The van der Waals surface area contributed by atoms with Crippen LogP contribution in [0.5, 0.6) is 0 Å². The molecule has 0 atom stereocenters. The van der Waals surface area contributed by atoms with Gasteiger partial charge < -0.3 is 5.73 Å². The number of nitrogens with one attached hydrogen (secondary N) is 1. The fraction of sp³-hybridized carbons (Fsp3) is 0.357. The van der Waals surface area contributed by atoms with Gasteiger partial charge in [0, 0.05) is 13.1 Å². The summed E-state index contributed by atoms with van der Waals surface area (Å²) < 4.78 is 28.6. The predicted molar refractivity (Wildman–Crippen MR) is 82.1 cm³/mol. The Kier molecular flexibility index (Phi) is 4.64. The van der Waals surface area contributed by atoms with Crippen LogP contribution in [0.2, 0.25) is 0 Å². The number of sulfonamides is 1. The molecule has 1 aromatic heterocycles. The SMILES string of the molecule is CCCn1ncc(S(=O)(=O)NCc2ccc(C)cc2)c1N. The van der Waals surface area contributed by atoms with E-state index in [2.05, 4.69) is 9.82 Å². The fourth-order valence-electron chi connectivity index (χ4n) is 1.94. The van der Waals surface area contributed by atoms with Gasteiger partial charge in [0.25, 0.3) is 0 Å². The highest BCUT2D eigenvalue weighted by Gasteiger charge is 2.21. The number of nitrogens with two attached hydrogens (primary N) is 1. The smallest absolute Gasteiger partial charge is 0.246 e. The van der Waals surface area contributed by atoms with Crippen LogP contribution in [0.25, 0.3) is 0 Å². The molecule has 0 fully saturated rings. The number of rotatable bonds is 6. The second-order valence-corrected chi connectivity index (χ2v) is 6.66. The van der Waals surface area contributed by atoms with Crippen molar-refractivity contribution in [1.29, 1.82) is 0 Å². The van der Waals surface area contributed by atoms with Gasteiger partial charge in [-0.05, 0) is 18.9 Å². The molecule has 7 heteroatoms. The average molecular weight is 308 g/mol. The summed E-state index contributed by atoms with van der Waals surface area (Å²) in [6, 6.07) is 7.66. The van der Waals surface area contributed by atoms with Crippen molar-refractivity contribution in [2.24, 2.45) is 0 Å². The maximum absolute atomic E-state index is 12.3. The second-order valence-electron chi connectivity index (χ2n) is 4.93. The van der Waals surface area contributed by atoms with Gasteiger partial charge in [-0.2, -0.15) is 5.10 Å². The monoisotopic (exact) mass is 308 g/mol.